The molecule has 0 aliphatic rings. The summed E-state index contributed by atoms with van der Waals surface area (Å²) in [6.45, 7) is 6.30. The second-order valence-electron chi connectivity index (χ2n) is 5.37. The summed E-state index contributed by atoms with van der Waals surface area (Å²) < 4.78 is 5.36. The van der Waals surface area contributed by atoms with Gasteiger partial charge >= 0.3 is 0 Å². The van der Waals surface area contributed by atoms with Crippen molar-refractivity contribution in [2.75, 3.05) is 19.0 Å². The van der Waals surface area contributed by atoms with Crippen LogP contribution in [-0.2, 0) is 0 Å². The van der Waals surface area contributed by atoms with Crippen molar-refractivity contribution in [3.05, 3.63) is 58.7 Å². The third-order valence-corrected chi connectivity index (χ3v) is 3.88. The lowest BCUT2D eigenvalue weighted by molar-refractivity contribution is 0.275. The Kier molecular flexibility index (Phi) is 4.86. The summed E-state index contributed by atoms with van der Waals surface area (Å²) in [6.07, 6.45) is 0. The quantitative estimate of drug-likeness (QED) is 0.878. The van der Waals surface area contributed by atoms with Crippen LogP contribution in [0.5, 0.6) is 5.75 Å². The lowest BCUT2D eigenvalue weighted by atomic mass is 9.96. The highest BCUT2D eigenvalue weighted by Crippen LogP contribution is 2.29. The number of aliphatic hydroxyl groups is 1. The first-order valence-corrected chi connectivity index (χ1v) is 7.15. The van der Waals surface area contributed by atoms with E-state index in [9.17, 15) is 5.11 Å². The molecule has 0 radical (unpaired) electrons. The summed E-state index contributed by atoms with van der Waals surface area (Å²) in [7, 11) is 1.65. The van der Waals surface area contributed by atoms with E-state index in [0.29, 0.717) is 0 Å². The monoisotopic (exact) mass is 285 g/mol. The summed E-state index contributed by atoms with van der Waals surface area (Å²) in [5.74, 6) is 0.775. The Hall–Kier alpha value is -2.00. The van der Waals surface area contributed by atoms with E-state index in [2.05, 4.69) is 38.2 Å². The van der Waals surface area contributed by atoms with Crippen LogP contribution in [0.15, 0.2) is 36.4 Å². The maximum Gasteiger partial charge on any atom is 0.141 e. The summed E-state index contributed by atoms with van der Waals surface area (Å²) in [5, 5.41) is 13.2. The molecule has 0 aromatic heterocycles. The Morgan fingerprint density at radius 3 is 2.38 bits per heavy atom. The Bertz CT molecular complexity index is 623. The van der Waals surface area contributed by atoms with Crippen molar-refractivity contribution in [1.29, 1.82) is 0 Å². The van der Waals surface area contributed by atoms with Gasteiger partial charge in [0.1, 0.15) is 5.75 Å². The molecule has 0 saturated carbocycles. The van der Waals surface area contributed by atoms with Crippen molar-refractivity contribution < 1.29 is 9.84 Å². The third kappa shape index (κ3) is 3.37. The molecule has 112 valence electrons. The topological polar surface area (TPSA) is 41.5 Å². The molecule has 2 rings (SSSR count). The van der Waals surface area contributed by atoms with Crippen LogP contribution in [-0.4, -0.2) is 18.8 Å². The Morgan fingerprint density at radius 2 is 1.71 bits per heavy atom. The van der Waals surface area contributed by atoms with Gasteiger partial charge in [0, 0.05) is 0 Å². The van der Waals surface area contributed by atoms with Crippen LogP contribution >= 0.6 is 0 Å². The predicted octanol–water partition coefficient (Wildman–Crippen LogP) is 3.77. The highest BCUT2D eigenvalue weighted by Gasteiger charge is 2.15. The molecule has 3 heteroatoms. The lowest BCUT2D eigenvalue weighted by Gasteiger charge is -2.22. The number of hydrogen-bond acceptors (Lipinski definition) is 3. The molecule has 0 saturated heterocycles. The molecular weight excluding hydrogens is 262 g/mol. The van der Waals surface area contributed by atoms with Gasteiger partial charge in [-0.1, -0.05) is 24.3 Å². The number of para-hydroxylation sites is 2. The van der Waals surface area contributed by atoms with Gasteiger partial charge in [0.2, 0.25) is 0 Å². The number of aryl methyl sites for hydroxylation is 3. The van der Waals surface area contributed by atoms with Crippen molar-refractivity contribution in [3.8, 4) is 5.75 Å². The Morgan fingerprint density at radius 1 is 1.05 bits per heavy atom. The van der Waals surface area contributed by atoms with Crippen molar-refractivity contribution in [3.63, 3.8) is 0 Å². The zero-order valence-corrected chi connectivity index (χ0v) is 13.1. The largest absolute Gasteiger partial charge is 0.495 e. The fourth-order valence-electron chi connectivity index (χ4n) is 2.53. The van der Waals surface area contributed by atoms with Gasteiger partial charge in [0.15, 0.2) is 0 Å². The summed E-state index contributed by atoms with van der Waals surface area (Å²) in [5.41, 5.74) is 5.68. The molecule has 0 aliphatic carbocycles. The van der Waals surface area contributed by atoms with Crippen molar-refractivity contribution >= 4 is 5.69 Å². The second-order valence-corrected chi connectivity index (χ2v) is 5.37. The number of nitrogens with one attached hydrogen (secondary N) is 1. The smallest absolute Gasteiger partial charge is 0.141 e. The van der Waals surface area contributed by atoms with Gasteiger partial charge in [-0.25, -0.2) is 0 Å². The molecular formula is C18H23NO2. The maximum atomic E-state index is 9.79. The first-order valence-electron chi connectivity index (χ1n) is 7.15. The number of ether oxygens (including phenoxy) is 1. The molecule has 1 unspecified atom stereocenters. The van der Waals surface area contributed by atoms with Crippen molar-refractivity contribution in [2.24, 2.45) is 0 Å². The van der Waals surface area contributed by atoms with Crippen LogP contribution in [0, 0.1) is 20.8 Å². The fraction of sp³-hybridized carbons (Fsp3) is 0.333. The summed E-state index contributed by atoms with van der Waals surface area (Å²) in [6, 6.07) is 11.9. The molecule has 2 aromatic carbocycles. The molecule has 3 nitrogen and oxygen atoms in total. The van der Waals surface area contributed by atoms with Gasteiger partial charge < -0.3 is 15.2 Å². The van der Waals surface area contributed by atoms with E-state index in [1.165, 1.54) is 16.7 Å². The molecule has 2 aromatic rings. The minimum absolute atomic E-state index is 0.0292. The van der Waals surface area contributed by atoms with E-state index in [0.717, 1.165) is 17.0 Å². The minimum atomic E-state index is -0.152. The third-order valence-electron chi connectivity index (χ3n) is 3.88. The van der Waals surface area contributed by atoms with Gasteiger partial charge in [-0.2, -0.15) is 0 Å². The normalized spacial score (nSPS) is 12.0. The maximum absolute atomic E-state index is 9.79. The van der Waals surface area contributed by atoms with E-state index < -0.39 is 0 Å². The number of rotatable bonds is 5. The molecule has 1 atom stereocenters. The summed E-state index contributed by atoms with van der Waals surface area (Å²) in [4.78, 5) is 0. The van der Waals surface area contributed by atoms with Crippen molar-refractivity contribution in [1.82, 2.24) is 0 Å². The second kappa shape index (κ2) is 6.64. The van der Waals surface area contributed by atoms with Gasteiger partial charge in [0.05, 0.1) is 25.4 Å². The molecule has 21 heavy (non-hydrogen) atoms. The predicted molar refractivity (Wildman–Crippen MR) is 87.1 cm³/mol. The van der Waals surface area contributed by atoms with Crippen LogP contribution in [0.4, 0.5) is 5.69 Å². The molecule has 0 aliphatic heterocycles. The molecule has 2 N–H and O–H groups in total. The molecule has 0 fully saturated rings. The first kappa shape index (κ1) is 15.4. The van der Waals surface area contributed by atoms with E-state index in [1.807, 2.05) is 24.3 Å². The molecule has 0 spiro atoms. The fourth-order valence-corrected chi connectivity index (χ4v) is 2.53. The van der Waals surface area contributed by atoms with Gasteiger partial charge in [0.25, 0.3) is 0 Å². The number of anilines is 1. The van der Waals surface area contributed by atoms with Crippen molar-refractivity contribution in [2.45, 2.75) is 26.8 Å². The van der Waals surface area contributed by atoms with Crippen LogP contribution in [0.3, 0.4) is 0 Å². The van der Waals surface area contributed by atoms with Crippen LogP contribution in [0.1, 0.15) is 28.3 Å². The van der Waals surface area contributed by atoms with E-state index in [1.54, 1.807) is 7.11 Å². The molecule has 0 amide bonds. The Balaban J connectivity index is 2.34. The highest BCUT2D eigenvalue weighted by atomic mass is 16.5. The Labute approximate surface area is 126 Å². The zero-order valence-electron chi connectivity index (χ0n) is 13.1. The van der Waals surface area contributed by atoms with E-state index in [-0.39, 0.29) is 12.6 Å². The minimum Gasteiger partial charge on any atom is -0.495 e. The van der Waals surface area contributed by atoms with Gasteiger partial charge in [-0.3, -0.25) is 0 Å². The number of methoxy groups -OCH3 is 1. The number of aliphatic hydroxyl groups excluding tert-OH is 1. The molecule has 0 heterocycles. The lowest BCUT2D eigenvalue weighted by Crippen LogP contribution is -2.17. The van der Waals surface area contributed by atoms with Crippen LogP contribution in [0.2, 0.25) is 0 Å². The SMILES string of the molecule is COc1ccccc1NC(CO)c1cc(C)c(C)cc1C. The van der Waals surface area contributed by atoms with Crippen LogP contribution < -0.4 is 10.1 Å². The number of benzene rings is 2. The van der Waals surface area contributed by atoms with Crippen LogP contribution in [0.25, 0.3) is 0 Å². The highest BCUT2D eigenvalue weighted by molar-refractivity contribution is 5.58. The van der Waals surface area contributed by atoms with Gasteiger partial charge in [-0.05, 0) is 55.2 Å². The number of hydrogen-bond donors (Lipinski definition) is 2. The average molecular weight is 285 g/mol. The summed E-state index contributed by atoms with van der Waals surface area (Å²) >= 11 is 0. The van der Waals surface area contributed by atoms with E-state index >= 15 is 0 Å². The first-order chi connectivity index (χ1) is 10.1. The zero-order chi connectivity index (χ0) is 15.4. The standard InChI is InChI=1S/C18H23NO2/c1-12-9-14(3)15(10-13(12)2)17(11-20)19-16-7-5-6-8-18(16)21-4/h5-10,17,19-20H,11H2,1-4H3. The average Bonchev–Trinajstić information content (AvgIpc) is 2.49. The van der Waals surface area contributed by atoms with Gasteiger partial charge in [-0.15, -0.1) is 0 Å². The molecule has 0 bridgehead atoms. The van der Waals surface area contributed by atoms with E-state index in [4.69, 9.17) is 4.74 Å².